The lowest BCUT2D eigenvalue weighted by molar-refractivity contribution is -0.905. The Kier molecular flexibility index (Phi) is 6.03. The fourth-order valence-electron chi connectivity index (χ4n) is 3.55. The van der Waals surface area contributed by atoms with E-state index in [1.165, 1.54) is 26.1 Å². The van der Waals surface area contributed by atoms with E-state index in [9.17, 15) is 9.59 Å². The summed E-state index contributed by atoms with van der Waals surface area (Å²) in [5.41, 5.74) is 0. The van der Waals surface area contributed by atoms with Gasteiger partial charge >= 0.3 is 0 Å². The Morgan fingerprint density at radius 3 is 2.29 bits per heavy atom. The zero-order valence-corrected chi connectivity index (χ0v) is 13.5. The van der Waals surface area contributed by atoms with Gasteiger partial charge in [-0.25, -0.2) is 0 Å². The molecule has 0 aromatic carbocycles. The highest BCUT2D eigenvalue weighted by atomic mass is 16.2. The summed E-state index contributed by atoms with van der Waals surface area (Å²) in [6, 6.07) is 0.365. The Hall–Kier alpha value is -1.10. The molecule has 2 aliphatic rings. The summed E-state index contributed by atoms with van der Waals surface area (Å²) in [6.07, 6.45) is 5.07. The van der Waals surface area contributed by atoms with Crippen LogP contribution in [0.3, 0.4) is 0 Å². The van der Waals surface area contributed by atoms with Crippen molar-refractivity contribution < 1.29 is 14.5 Å². The summed E-state index contributed by atoms with van der Waals surface area (Å²) in [6.45, 7) is 8.91. The third-order valence-corrected chi connectivity index (χ3v) is 4.95. The molecule has 2 fully saturated rings. The van der Waals surface area contributed by atoms with Crippen molar-refractivity contribution in [2.75, 3.05) is 32.7 Å². The average molecular weight is 296 g/mol. The molecule has 120 valence electrons. The molecule has 0 spiro atoms. The van der Waals surface area contributed by atoms with Gasteiger partial charge in [0, 0.05) is 44.8 Å². The van der Waals surface area contributed by atoms with Crippen LogP contribution >= 0.6 is 0 Å². The molecule has 5 heteroatoms. The number of likely N-dealkylation sites (tertiary alicyclic amines) is 2. The van der Waals surface area contributed by atoms with Crippen LogP contribution in [0, 0.1) is 5.92 Å². The van der Waals surface area contributed by atoms with Crippen LogP contribution in [0.25, 0.3) is 0 Å². The maximum atomic E-state index is 12.3. The topological polar surface area (TPSA) is 53.9 Å². The monoisotopic (exact) mass is 296 g/mol. The molecule has 2 rings (SSSR count). The Morgan fingerprint density at radius 1 is 1.14 bits per heavy atom. The van der Waals surface area contributed by atoms with Gasteiger partial charge < -0.3 is 15.1 Å². The first-order valence-corrected chi connectivity index (χ1v) is 8.49. The Bertz CT molecular complexity index is 357. The zero-order valence-electron chi connectivity index (χ0n) is 13.5. The highest BCUT2D eigenvalue weighted by Gasteiger charge is 2.29. The van der Waals surface area contributed by atoms with Crippen LogP contribution in [0.15, 0.2) is 0 Å². The van der Waals surface area contributed by atoms with Gasteiger partial charge in [-0.05, 0) is 19.3 Å². The number of carbonyl (C=O) groups excluding carboxylic acids is 2. The predicted octanol–water partition coefficient (Wildman–Crippen LogP) is -0.182. The summed E-state index contributed by atoms with van der Waals surface area (Å²) >= 11 is 0. The lowest BCUT2D eigenvalue weighted by atomic mass is 9.94. The number of hydrogen-bond donors (Lipinski definition) is 2. The van der Waals surface area contributed by atoms with Crippen LogP contribution in [0.2, 0.25) is 0 Å². The van der Waals surface area contributed by atoms with Gasteiger partial charge in [0.25, 0.3) is 0 Å². The Balaban J connectivity index is 1.70. The van der Waals surface area contributed by atoms with Gasteiger partial charge in [0.1, 0.15) is 0 Å². The number of amides is 2. The zero-order chi connectivity index (χ0) is 15.2. The number of nitrogens with one attached hydrogen (secondary N) is 2. The number of carbonyl (C=O) groups is 2. The third-order valence-electron chi connectivity index (χ3n) is 4.95. The molecule has 2 amide bonds. The predicted molar refractivity (Wildman–Crippen MR) is 82.0 cm³/mol. The first-order valence-electron chi connectivity index (χ1n) is 8.49. The first-order chi connectivity index (χ1) is 10.1. The minimum absolute atomic E-state index is 0.0987. The highest BCUT2D eigenvalue weighted by molar-refractivity contribution is 5.79. The molecule has 0 saturated carbocycles. The number of piperidine rings is 2. The molecule has 21 heavy (non-hydrogen) atoms. The average Bonchev–Trinajstić information content (AvgIpc) is 2.49. The minimum atomic E-state index is 0.0987. The standard InChI is InChI=1S/C16H29N3O2/c1-3-8-18-9-6-15(7-10-18)17-16(21)14-4-11-19(12-5-14)13(2)20/h14-15H,3-12H2,1-2H3,(H,17,21)/p+1. The molecule has 2 N–H and O–H groups in total. The third kappa shape index (κ3) is 4.70. The van der Waals surface area contributed by atoms with Gasteiger partial charge in [-0.2, -0.15) is 0 Å². The van der Waals surface area contributed by atoms with E-state index >= 15 is 0 Å². The summed E-state index contributed by atoms with van der Waals surface area (Å²) < 4.78 is 0. The second-order valence-corrected chi connectivity index (χ2v) is 6.56. The van der Waals surface area contributed by atoms with Crippen LogP contribution in [-0.4, -0.2) is 55.5 Å². The van der Waals surface area contributed by atoms with Gasteiger partial charge in [-0.1, -0.05) is 6.92 Å². The first kappa shape index (κ1) is 16.3. The molecule has 0 aliphatic carbocycles. The minimum Gasteiger partial charge on any atom is -0.353 e. The quantitative estimate of drug-likeness (QED) is 0.756. The highest BCUT2D eigenvalue weighted by Crippen LogP contribution is 2.18. The molecule has 0 atom stereocenters. The summed E-state index contributed by atoms with van der Waals surface area (Å²) in [5.74, 6) is 0.434. The normalized spacial score (nSPS) is 27.4. The van der Waals surface area contributed by atoms with Gasteiger partial charge in [0.2, 0.25) is 11.8 Å². The molecular formula is C16H30N3O2+. The smallest absolute Gasteiger partial charge is 0.223 e. The van der Waals surface area contributed by atoms with Crippen molar-refractivity contribution in [3.05, 3.63) is 0 Å². The molecule has 0 radical (unpaired) electrons. The van der Waals surface area contributed by atoms with Crippen molar-refractivity contribution in [3.63, 3.8) is 0 Å². The molecule has 2 aliphatic heterocycles. The van der Waals surface area contributed by atoms with E-state index < -0.39 is 0 Å². The van der Waals surface area contributed by atoms with Gasteiger partial charge in [-0.15, -0.1) is 0 Å². The number of rotatable bonds is 4. The molecule has 0 unspecified atom stereocenters. The second kappa shape index (κ2) is 7.78. The number of quaternary nitrogens is 1. The number of nitrogens with zero attached hydrogens (tertiary/aromatic N) is 1. The maximum absolute atomic E-state index is 12.3. The van der Waals surface area contributed by atoms with Crippen LogP contribution in [0.5, 0.6) is 0 Å². The molecule has 5 nitrogen and oxygen atoms in total. The van der Waals surface area contributed by atoms with Crippen molar-refractivity contribution in [1.82, 2.24) is 10.2 Å². The van der Waals surface area contributed by atoms with Crippen LogP contribution in [-0.2, 0) is 9.59 Å². The SMILES string of the molecule is CCC[NH+]1CCC(NC(=O)C2CCN(C(C)=O)CC2)CC1. The molecule has 2 saturated heterocycles. The molecule has 0 aromatic rings. The largest absolute Gasteiger partial charge is 0.353 e. The van der Waals surface area contributed by atoms with E-state index in [0.717, 1.165) is 38.8 Å². The van der Waals surface area contributed by atoms with Gasteiger partial charge in [-0.3, -0.25) is 9.59 Å². The lowest BCUT2D eigenvalue weighted by Crippen LogP contribution is -3.13. The molecule has 0 aromatic heterocycles. The van der Waals surface area contributed by atoms with Crippen LogP contribution in [0.1, 0.15) is 46.0 Å². The van der Waals surface area contributed by atoms with Crippen molar-refractivity contribution in [2.24, 2.45) is 5.92 Å². The van der Waals surface area contributed by atoms with E-state index in [4.69, 9.17) is 0 Å². The number of hydrogen-bond acceptors (Lipinski definition) is 2. The molecule has 2 heterocycles. The van der Waals surface area contributed by atoms with Crippen molar-refractivity contribution in [2.45, 2.75) is 52.0 Å². The fourth-order valence-corrected chi connectivity index (χ4v) is 3.55. The van der Waals surface area contributed by atoms with Crippen LogP contribution in [0.4, 0.5) is 0 Å². The van der Waals surface area contributed by atoms with Crippen molar-refractivity contribution in [1.29, 1.82) is 0 Å². The second-order valence-electron chi connectivity index (χ2n) is 6.56. The Morgan fingerprint density at radius 2 is 1.76 bits per heavy atom. The summed E-state index contributed by atoms with van der Waals surface area (Å²) in [5, 5.41) is 3.24. The fraction of sp³-hybridized carbons (Fsp3) is 0.875. The summed E-state index contributed by atoms with van der Waals surface area (Å²) in [4.78, 5) is 27.2. The Labute approximate surface area is 128 Å². The van der Waals surface area contributed by atoms with Crippen molar-refractivity contribution >= 4 is 11.8 Å². The van der Waals surface area contributed by atoms with Crippen LogP contribution < -0.4 is 10.2 Å². The summed E-state index contributed by atoms with van der Waals surface area (Å²) in [7, 11) is 0. The van der Waals surface area contributed by atoms with E-state index in [0.29, 0.717) is 6.04 Å². The van der Waals surface area contributed by atoms with E-state index in [1.54, 1.807) is 11.8 Å². The maximum Gasteiger partial charge on any atom is 0.223 e. The lowest BCUT2D eigenvalue weighted by Gasteiger charge is -2.33. The van der Waals surface area contributed by atoms with E-state index in [-0.39, 0.29) is 17.7 Å². The van der Waals surface area contributed by atoms with Gasteiger partial charge in [0.15, 0.2) is 0 Å². The van der Waals surface area contributed by atoms with Gasteiger partial charge in [0.05, 0.1) is 19.6 Å². The molecule has 0 bridgehead atoms. The van der Waals surface area contributed by atoms with E-state index in [2.05, 4.69) is 12.2 Å². The van der Waals surface area contributed by atoms with Crippen molar-refractivity contribution in [3.8, 4) is 0 Å². The molecular weight excluding hydrogens is 266 g/mol. The van der Waals surface area contributed by atoms with E-state index in [1.807, 2.05) is 4.90 Å².